The molecule has 0 unspecified atom stereocenters. The molecule has 3 aromatic rings. The first-order valence-corrected chi connectivity index (χ1v) is 8.94. The molecule has 0 saturated carbocycles. The molecular formula is C20H22N4O2. The zero-order valence-electron chi connectivity index (χ0n) is 14.9. The predicted molar refractivity (Wildman–Crippen MR) is 98.8 cm³/mol. The van der Waals surface area contributed by atoms with Crippen LogP contribution in [-0.4, -0.2) is 34.4 Å². The van der Waals surface area contributed by atoms with Crippen molar-refractivity contribution in [1.29, 1.82) is 0 Å². The van der Waals surface area contributed by atoms with Gasteiger partial charge in [-0.3, -0.25) is 14.5 Å². The molecule has 4 rings (SSSR count). The number of carbonyl (C=O) groups excluding carboxylic acids is 1. The summed E-state index contributed by atoms with van der Waals surface area (Å²) in [6.07, 6.45) is 2.52. The van der Waals surface area contributed by atoms with Crippen LogP contribution in [0.2, 0.25) is 0 Å². The number of ether oxygens (including phenoxy) is 1. The standard InChI is InChI=1S/C20H22N4O2/c1-26-20(25)13-24-19-10-11-21-12-16(19)18(23-24)9-8-15-7-6-14-4-2-3-5-17(14)22-15/h2-7,21H,8-13H2,1H3. The average molecular weight is 350 g/mol. The van der Waals surface area contributed by atoms with Gasteiger partial charge in [-0.1, -0.05) is 24.3 Å². The van der Waals surface area contributed by atoms with E-state index in [1.807, 2.05) is 22.9 Å². The highest BCUT2D eigenvalue weighted by molar-refractivity contribution is 5.78. The largest absolute Gasteiger partial charge is 0.468 e. The van der Waals surface area contributed by atoms with Gasteiger partial charge in [0.25, 0.3) is 0 Å². The molecule has 26 heavy (non-hydrogen) atoms. The van der Waals surface area contributed by atoms with E-state index in [-0.39, 0.29) is 12.5 Å². The fourth-order valence-electron chi connectivity index (χ4n) is 3.51. The summed E-state index contributed by atoms with van der Waals surface area (Å²) in [4.78, 5) is 16.4. The highest BCUT2D eigenvalue weighted by Gasteiger charge is 2.21. The smallest absolute Gasteiger partial charge is 0.327 e. The lowest BCUT2D eigenvalue weighted by molar-refractivity contribution is -0.141. The highest BCUT2D eigenvalue weighted by atomic mass is 16.5. The molecule has 0 aliphatic carbocycles. The first kappa shape index (κ1) is 16.7. The van der Waals surface area contributed by atoms with E-state index in [0.29, 0.717) is 0 Å². The molecule has 1 aliphatic rings. The molecule has 6 heteroatoms. The molecule has 1 aliphatic heterocycles. The lowest BCUT2D eigenvalue weighted by Crippen LogP contribution is -2.26. The van der Waals surface area contributed by atoms with Crippen molar-refractivity contribution in [2.24, 2.45) is 0 Å². The minimum absolute atomic E-state index is 0.174. The van der Waals surface area contributed by atoms with Gasteiger partial charge in [0.15, 0.2) is 0 Å². The predicted octanol–water partition coefficient (Wildman–Crippen LogP) is 2.04. The van der Waals surface area contributed by atoms with Crippen LogP contribution in [0.5, 0.6) is 0 Å². The van der Waals surface area contributed by atoms with Crippen LogP contribution in [0.25, 0.3) is 10.9 Å². The molecule has 2 aromatic heterocycles. The number of para-hydroxylation sites is 1. The fourth-order valence-corrected chi connectivity index (χ4v) is 3.51. The van der Waals surface area contributed by atoms with Crippen LogP contribution in [0.4, 0.5) is 0 Å². The molecule has 0 radical (unpaired) electrons. The van der Waals surface area contributed by atoms with Crippen LogP contribution < -0.4 is 5.32 Å². The maximum atomic E-state index is 11.7. The lowest BCUT2D eigenvalue weighted by Gasteiger charge is -2.15. The Morgan fingerprint density at radius 2 is 2.12 bits per heavy atom. The van der Waals surface area contributed by atoms with Crippen LogP contribution in [0.15, 0.2) is 36.4 Å². The lowest BCUT2D eigenvalue weighted by atomic mass is 10.0. The summed E-state index contributed by atoms with van der Waals surface area (Å²) >= 11 is 0. The van der Waals surface area contributed by atoms with Crippen LogP contribution >= 0.6 is 0 Å². The van der Waals surface area contributed by atoms with Crippen molar-refractivity contribution in [3.05, 3.63) is 59.0 Å². The molecule has 3 heterocycles. The van der Waals surface area contributed by atoms with Gasteiger partial charge in [0.05, 0.1) is 18.3 Å². The van der Waals surface area contributed by atoms with E-state index in [9.17, 15) is 4.79 Å². The number of fused-ring (bicyclic) bond motifs is 2. The van der Waals surface area contributed by atoms with Gasteiger partial charge in [-0.2, -0.15) is 5.10 Å². The number of methoxy groups -OCH3 is 1. The van der Waals surface area contributed by atoms with Gasteiger partial charge >= 0.3 is 5.97 Å². The normalized spacial score (nSPS) is 13.6. The van der Waals surface area contributed by atoms with E-state index in [2.05, 4.69) is 23.5 Å². The van der Waals surface area contributed by atoms with Gasteiger partial charge in [-0.15, -0.1) is 0 Å². The van der Waals surface area contributed by atoms with Gasteiger partial charge in [-0.05, 0) is 25.0 Å². The van der Waals surface area contributed by atoms with Gasteiger partial charge < -0.3 is 10.1 Å². The van der Waals surface area contributed by atoms with Crippen LogP contribution in [-0.2, 0) is 41.9 Å². The van der Waals surface area contributed by atoms with Crippen LogP contribution in [0.1, 0.15) is 22.6 Å². The Bertz CT molecular complexity index is 948. The van der Waals surface area contributed by atoms with Crippen molar-refractivity contribution < 1.29 is 9.53 Å². The number of esters is 1. The van der Waals surface area contributed by atoms with Gasteiger partial charge in [0.2, 0.25) is 0 Å². The third kappa shape index (κ3) is 3.32. The number of hydrogen-bond acceptors (Lipinski definition) is 5. The van der Waals surface area contributed by atoms with Crippen molar-refractivity contribution in [1.82, 2.24) is 20.1 Å². The van der Waals surface area contributed by atoms with Crippen LogP contribution in [0, 0.1) is 0 Å². The highest BCUT2D eigenvalue weighted by Crippen LogP contribution is 2.21. The number of hydrogen-bond donors (Lipinski definition) is 1. The summed E-state index contributed by atoms with van der Waals surface area (Å²) in [5.74, 6) is -0.267. The second-order valence-electron chi connectivity index (χ2n) is 6.53. The van der Waals surface area contributed by atoms with E-state index in [0.717, 1.165) is 60.3 Å². The third-order valence-electron chi connectivity index (χ3n) is 4.87. The Kier molecular flexibility index (Phi) is 4.67. The van der Waals surface area contributed by atoms with E-state index in [4.69, 9.17) is 14.8 Å². The van der Waals surface area contributed by atoms with Crippen molar-refractivity contribution in [2.75, 3.05) is 13.7 Å². The summed E-state index contributed by atoms with van der Waals surface area (Å²) in [6.45, 7) is 1.88. The number of carbonyl (C=O) groups is 1. The number of aryl methyl sites for hydroxylation is 2. The Hall–Kier alpha value is -2.73. The Morgan fingerprint density at radius 3 is 3.00 bits per heavy atom. The van der Waals surface area contributed by atoms with Gasteiger partial charge in [0, 0.05) is 41.8 Å². The second kappa shape index (κ2) is 7.25. The molecule has 0 bridgehead atoms. The van der Waals surface area contributed by atoms with Crippen molar-refractivity contribution in [2.45, 2.75) is 32.4 Å². The summed E-state index contributed by atoms with van der Waals surface area (Å²) in [5, 5.41) is 9.26. The maximum absolute atomic E-state index is 11.7. The Balaban J connectivity index is 1.56. The maximum Gasteiger partial charge on any atom is 0.327 e. The van der Waals surface area contributed by atoms with Crippen molar-refractivity contribution in [3.8, 4) is 0 Å². The molecule has 0 spiro atoms. The molecule has 134 valence electrons. The quantitative estimate of drug-likeness (QED) is 0.713. The minimum Gasteiger partial charge on any atom is -0.468 e. The number of rotatable bonds is 5. The Labute approximate surface area is 152 Å². The third-order valence-corrected chi connectivity index (χ3v) is 4.87. The van der Waals surface area contributed by atoms with E-state index in [1.165, 1.54) is 12.7 Å². The number of aromatic nitrogens is 3. The number of pyridine rings is 1. The van der Waals surface area contributed by atoms with Crippen molar-refractivity contribution >= 4 is 16.9 Å². The van der Waals surface area contributed by atoms with E-state index < -0.39 is 0 Å². The first-order chi connectivity index (χ1) is 12.7. The molecule has 0 atom stereocenters. The van der Waals surface area contributed by atoms with Gasteiger partial charge in [-0.25, -0.2) is 0 Å². The molecule has 0 saturated heterocycles. The zero-order chi connectivity index (χ0) is 17.9. The topological polar surface area (TPSA) is 69.0 Å². The number of nitrogens with one attached hydrogen (secondary N) is 1. The molecule has 1 N–H and O–H groups in total. The van der Waals surface area contributed by atoms with Crippen LogP contribution in [0.3, 0.4) is 0 Å². The van der Waals surface area contributed by atoms with Gasteiger partial charge in [0.1, 0.15) is 6.54 Å². The van der Waals surface area contributed by atoms with E-state index in [1.54, 1.807) is 0 Å². The monoisotopic (exact) mass is 350 g/mol. The zero-order valence-corrected chi connectivity index (χ0v) is 14.9. The summed E-state index contributed by atoms with van der Waals surface area (Å²) in [7, 11) is 1.41. The number of benzene rings is 1. The SMILES string of the molecule is COC(=O)Cn1nc(CCc2ccc3ccccc3n2)c2c1CCNC2. The average Bonchev–Trinajstić information content (AvgIpc) is 3.04. The molecule has 6 nitrogen and oxygen atoms in total. The second-order valence-corrected chi connectivity index (χ2v) is 6.53. The van der Waals surface area contributed by atoms with Crippen molar-refractivity contribution in [3.63, 3.8) is 0 Å². The fraction of sp³-hybridized carbons (Fsp3) is 0.350. The number of nitrogens with zero attached hydrogens (tertiary/aromatic N) is 3. The van der Waals surface area contributed by atoms with E-state index >= 15 is 0 Å². The molecule has 0 amide bonds. The first-order valence-electron chi connectivity index (χ1n) is 8.94. The summed E-state index contributed by atoms with van der Waals surface area (Å²) in [6, 6.07) is 12.3. The molecule has 0 fully saturated rings. The summed E-state index contributed by atoms with van der Waals surface area (Å²) < 4.78 is 6.61. The summed E-state index contributed by atoms with van der Waals surface area (Å²) in [5.41, 5.74) is 5.50. The molecular weight excluding hydrogens is 328 g/mol. The molecule has 1 aromatic carbocycles. The minimum atomic E-state index is -0.267. The Morgan fingerprint density at radius 1 is 1.23 bits per heavy atom.